The summed E-state index contributed by atoms with van der Waals surface area (Å²) >= 11 is 0. The quantitative estimate of drug-likeness (QED) is 0.846. The minimum absolute atomic E-state index is 0.0793. The smallest absolute Gasteiger partial charge is 0.234 e. The summed E-state index contributed by atoms with van der Waals surface area (Å²) in [7, 11) is 1.93. The zero-order chi connectivity index (χ0) is 16.8. The fourth-order valence-electron chi connectivity index (χ4n) is 3.18. The molecular formula is C19H25N3O2. The fourth-order valence-corrected chi connectivity index (χ4v) is 3.18. The van der Waals surface area contributed by atoms with Crippen LogP contribution >= 0.6 is 0 Å². The Morgan fingerprint density at radius 1 is 1.29 bits per heavy atom. The number of hydrogen-bond donors (Lipinski definition) is 1. The number of carbonyl (C=O) groups is 1. The maximum Gasteiger partial charge on any atom is 0.234 e. The molecule has 1 atom stereocenters. The summed E-state index contributed by atoms with van der Waals surface area (Å²) < 4.78 is 5.31. The van der Waals surface area contributed by atoms with Crippen molar-refractivity contribution in [3.8, 4) is 0 Å². The van der Waals surface area contributed by atoms with Crippen LogP contribution in [0.5, 0.6) is 0 Å². The molecule has 1 N–H and O–H groups in total. The Hall–Kier alpha value is -2.11. The zero-order valence-corrected chi connectivity index (χ0v) is 14.1. The van der Waals surface area contributed by atoms with Gasteiger partial charge in [-0.2, -0.15) is 0 Å². The van der Waals surface area contributed by atoms with Gasteiger partial charge in [-0.3, -0.25) is 14.6 Å². The summed E-state index contributed by atoms with van der Waals surface area (Å²) in [5.74, 6) is 0.954. The highest BCUT2D eigenvalue weighted by atomic mass is 16.3. The van der Waals surface area contributed by atoms with Gasteiger partial charge in [0.2, 0.25) is 5.91 Å². The van der Waals surface area contributed by atoms with Crippen LogP contribution in [-0.4, -0.2) is 48.4 Å². The summed E-state index contributed by atoms with van der Waals surface area (Å²) in [5, 5.41) is 3.15. The van der Waals surface area contributed by atoms with Crippen LogP contribution in [0.4, 0.5) is 0 Å². The van der Waals surface area contributed by atoms with Crippen LogP contribution in [0.1, 0.15) is 17.7 Å². The molecule has 128 valence electrons. The molecule has 5 nitrogen and oxygen atoms in total. The summed E-state index contributed by atoms with van der Waals surface area (Å²) in [6.07, 6.45) is 2.67. The first-order valence-corrected chi connectivity index (χ1v) is 8.45. The van der Waals surface area contributed by atoms with E-state index in [1.54, 1.807) is 6.26 Å². The van der Waals surface area contributed by atoms with Crippen LogP contribution in [0.2, 0.25) is 0 Å². The standard InChI is InChI=1S/C19H25N3O2/c1-21(14-18-8-5-11-24-18)15-19(23)20-17-9-10-22(13-17)12-16-6-3-2-4-7-16/h2-8,11,17H,9-10,12-15H2,1H3,(H,20,23)/t17-/m1/s1. The van der Waals surface area contributed by atoms with E-state index in [2.05, 4.69) is 34.5 Å². The molecule has 1 aliphatic rings. The van der Waals surface area contributed by atoms with Crippen molar-refractivity contribution < 1.29 is 9.21 Å². The number of nitrogens with zero attached hydrogens (tertiary/aromatic N) is 2. The van der Waals surface area contributed by atoms with Gasteiger partial charge in [0, 0.05) is 25.7 Å². The van der Waals surface area contributed by atoms with E-state index in [0.717, 1.165) is 31.8 Å². The van der Waals surface area contributed by atoms with Crippen molar-refractivity contribution in [3.63, 3.8) is 0 Å². The normalized spacial score (nSPS) is 18.2. The number of likely N-dealkylation sites (tertiary alicyclic amines) is 1. The molecule has 1 aliphatic heterocycles. The van der Waals surface area contributed by atoms with E-state index in [4.69, 9.17) is 4.42 Å². The predicted molar refractivity (Wildman–Crippen MR) is 93.3 cm³/mol. The van der Waals surface area contributed by atoms with Crippen LogP contribution in [0.25, 0.3) is 0 Å². The Kier molecular flexibility index (Phi) is 5.67. The summed E-state index contributed by atoms with van der Waals surface area (Å²) in [6.45, 7) is 3.93. The number of rotatable bonds is 7. The molecule has 1 saturated heterocycles. The molecule has 1 aromatic heterocycles. The third kappa shape index (κ3) is 4.94. The van der Waals surface area contributed by atoms with Crippen molar-refractivity contribution in [2.45, 2.75) is 25.6 Å². The molecule has 1 amide bonds. The Balaban J connectivity index is 1.39. The molecular weight excluding hydrogens is 302 g/mol. The first-order chi connectivity index (χ1) is 11.7. The van der Waals surface area contributed by atoms with E-state index in [0.29, 0.717) is 13.1 Å². The van der Waals surface area contributed by atoms with Crippen LogP contribution < -0.4 is 5.32 Å². The van der Waals surface area contributed by atoms with Crippen LogP contribution in [0.3, 0.4) is 0 Å². The maximum atomic E-state index is 12.2. The Labute approximate surface area is 143 Å². The van der Waals surface area contributed by atoms with Crippen molar-refractivity contribution in [2.24, 2.45) is 0 Å². The van der Waals surface area contributed by atoms with Crippen LogP contribution in [-0.2, 0) is 17.9 Å². The molecule has 1 fully saturated rings. The number of carbonyl (C=O) groups excluding carboxylic acids is 1. The van der Waals surface area contributed by atoms with Gasteiger partial charge in [0.25, 0.3) is 0 Å². The summed E-state index contributed by atoms with van der Waals surface area (Å²) in [6, 6.07) is 14.5. The lowest BCUT2D eigenvalue weighted by Crippen LogP contribution is -2.42. The van der Waals surface area contributed by atoms with Gasteiger partial charge in [0.15, 0.2) is 0 Å². The molecule has 24 heavy (non-hydrogen) atoms. The molecule has 5 heteroatoms. The minimum Gasteiger partial charge on any atom is -0.468 e. The molecule has 1 aromatic carbocycles. The highest BCUT2D eigenvalue weighted by Crippen LogP contribution is 2.13. The van der Waals surface area contributed by atoms with E-state index < -0.39 is 0 Å². The molecule has 2 aromatic rings. The average molecular weight is 327 g/mol. The van der Waals surface area contributed by atoms with Gasteiger partial charge in [-0.25, -0.2) is 0 Å². The average Bonchev–Trinajstić information content (AvgIpc) is 3.20. The molecule has 2 heterocycles. The van der Waals surface area contributed by atoms with E-state index in [-0.39, 0.29) is 11.9 Å². The van der Waals surface area contributed by atoms with E-state index in [9.17, 15) is 4.79 Å². The first kappa shape index (κ1) is 16.7. The third-order valence-electron chi connectivity index (χ3n) is 4.31. The van der Waals surface area contributed by atoms with Crippen molar-refractivity contribution in [3.05, 3.63) is 60.1 Å². The minimum atomic E-state index is 0.0793. The Bertz CT molecular complexity index is 627. The number of hydrogen-bond acceptors (Lipinski definition) is 4. The highest BCUT2D eigenvalue weighted by Gasteiger charge is 2.24. The van der Waals surface area contributed by atoms with Gasteiger partial charge in [0.1, 0.15) is 5.76 Å². The Morgan fingerprint density at radius 2 is 2.12 bits per heavy atom. The number of likely N-dealkylation sites (N-methyl/N-ethyl adjacent to an activating group) is 1. The topological polar surface area (TPSA) is 48.7 Å². The number of furan rings is 1. The SMILES string of the molecule is CN(CC(=O)N[C@@H]1CCN(Cc2ccccc2)C1)Cc1ccco1. The lowest BCUT2D eigenvalue weighted by Gasteiger charge is -2.19. The number of nitrogens with one attached hydrogen (secondary N) is 1. The van der Waals surface area contributed by atoms with Gasteiger partial charge in [-0.05, 0) is 31.2 Å². The molecule has 0 aliphatic carbocycles. The van der Waals surface area contributed by atoms with E-state index in [1.165, 1.54) is 5.56 Å². The van der Waals surface area contributed by atoms with Crippen molar-refractivity contribution in [1.29, 1.82) is 0 Å². The Morgan fingerprint density at radius 3 is 2.88 bits per heavy atom. The number of amides is 1. The molecule has 0 bridgehead atoms. The van der Waals surface area contributed by atoms with Crippen LogP contribution in [0.15, 0.2) is 53.1 Å². The highest BCUT2D eigenvalue weighted by molar-refractivity contribution is 5.78. The van der Waals surface area contributed by atoms with Gasteiger partial charge in [-0.15, -0.1) is 0 Å². The second kappa shape index (κ2) is 8.13. The zero-order valence-electron chi connectivity index (χ0n) is 14.1. The molecule has 0 spiro atoms. The fraction of sp³-hybridized carbons (Fsp3) is 0.421. The third-order valence-corrected chi connectivity index (χ3v) is 4.31. The van der Waals surface area contributed by atoms with Gasteiger partial charge >= 0.3 is 0 Å². The molecule has 0 saturated carbocycles. The monoisotopic (exact) mass is 327 g/mol. The second-order valence-electron chi connectivity index (χ2n) is 6.53. The summed E-state index contributed by atoms with van der Waals surface area (Å²) in [5.41, 5.74) is 1.32. The molecule has 0 unspecified atom stereocenters. The lowest BCUT2D eigenvalue weighted by atomic mass is 10.2. The van der Waals surface area contributed by atoms with Crippen molar-refractivity contribution in [2.75, 3.05) is 26.7 Å². The lowest BCUT2D eigenvalue weighted by molar-refractivity contribution is -0.122. The maximum absolute atomic E-state index is 12.2. The van der Waals surface area contributed by atoms with E-state index in [1.807, 2.05) is 30.1 Å². The molecule has 0 radical (unpaired) electrons. The van der Waals surface area contributed by atoms with Crippen molar-refractivity contribution >= 4 is 5.91 Å². The van der Waals surface area contributed by atoms with Gasteiger partial charge in [-0.1, -0.05) is 30.3 Å². The van der Waals surface area contributed by atoms with Crippen LogP contribution in [0, 0.1) is 0 Å². The predicted octanol–water partition coefficient (Wildman–Crippen LogP) is 2.10. The molecule has 3 rings (SSSR count). The summed E-state index contributed by atoms with van der Waals surface area (Å²) in [4.78, 5) is 16.6. The van der Waals surface area contributed by atoms with E-state index >= 15 is 0 Å². The largest absolute Gasteiger partial charge is 0.468 e. The van der Waals surface area contributed by atoms with Gasteiger partial charge in [0.05, 0.1) is 19.4 Å². The van der Waals surface area contributed by atoms with Crippen molar-refractivity contribution in [1.82, 2.24) is 15.1 Å². The second-order valence-corrected chi connectivity index (χ2v) is 6.53. The number of benzene rings is 1. The van der Waals surface area contributed by atoms with Gasteiger partial charge < -0.3 is 9.73 Å². The first-order valence-electron chi connectivity index (χ1n) is 8.45.